The molecular formula is C15H23N5OS. The van der Waals surface area contributed by atoms with Gasteiger partial charge in [-0.2, -0.15) is 5.10 Å². The predicted octanol–water partition coefficient (Wildman–Crippen LogP) is 3.24. The minimum Gasteiger partial charge on any atom is -0.364 e. The highest BCUT2D eigenvalue weighted by atomic mass is 32.2. The van der Waals surface area contributed by atoms with Crippen molar-refractivity contribution >= 4 is 12.1 Å². The van der Waals surface area contributed by atoms with Crippen molar-refractivity contribution < 1.29 is 4.52 Å². The van der Waals surface area contributed by atoms with E-state index in [1.165, 1.54) is 31.4 Å². The fourth-order valence-corrected chi connectivity index (χ4v) is 3.49. The van der Waals surface area contributed by atoms with Gasteiger partial charge in [-0.25, -0.2) is 9.44 Å². The second kappa shape index (κ2) is 7.30. The summed E-state index contributed by atoms with van der Waals surface area (Å²) in [5, 5.41) is 11.4. The van der Waals surface area contributed by atoms with Crippen molar-refractivity contribution in [2.45, 2.75) is 57.5 Å². The van der Waals surface area contributed by atoms with E-state index in [0.29, 0.717) is 18.0 Å². The van der Waals surface area contributed by atoms with Gasteiger partial charge in [0, 0.05) is 41.9 Å². The van der Waals surface area contributed by atoms with Crippen LogP contribution in [0.25, 0.3) is 11.4 Å². The van der Waals surface area contributed by atoms with Gasteiger partial charge in [0.1, 0.15) is 17.7 Å². The zero-order chi connectivity index (χ0) is 15.4. The Morgan fingerprint density at radius 3 is 2.77 bits per heavy atom. The molecule has 120 valence electrons. The first-order chi connectivity index (χ1) is 10.7. The van der Waals surface area contributed by atoms with Gasteiger partial charge in [0.05, 0.1) is 0 Å². The SMILES string of the molecule is CC(C)NSNC1CCC(c2cc(-c3ccon3)n[nH]2)CC1. The Balaban J connectivity index is 1.49. The molecule has 1 saturated carbocycles. The van der Waals surface area contributed by atoms with Crippen molar-refractivity contribution in [3.8, 4) is 11.4 Å². The first-order valence-electron chi connectivity index (χ1n) is 7.85. The summed E-state index contributed by atoms with van der Waals surface area (Å²) >= 11 is 1.63. The molecule has 6 nitrogen and oxygen atoms in total. The normalized spacial score (nSPS) is 22.3. The number of rotatable bonds is 6. The summed E-state index contributed by atoms with van der Waals surface area (Å²) in [5.74, 6) is 0.564. The first kappa shape index (κ1) is 15.6. The van der Waals surface area contributed by atoms with Gasteiger partial charge in [0.2, 0.25) is 0 Å². The average molecular weight is 321 g/mol. The lowest BCUT2D eigenvalue weighted by Crippen LogP contribution is -2.31. The Morgan fingerprint density at radius 2 is 2.09 bits per heavy atom. The van der Waals surface area contributed by atoms with Crippen LogP contribution in [0.3, 0.4) is 0 Å². The number of nitrogens with zero attached hydrogens (tertiary/aromatic N) is 2. The third-order valence-corrected chi connectivity index (χ3v) is 5.03. The fourth-order valence-electron chi connectivity index (χ4n) is 2.78. The van der Waals surface area contributed by atoms with E-state index < -0.39 is 0 Å². The van der Waals surface area contributed by atoms with Crippen LogP contribution in [-0.4, -0.2) is 27.4 Å². The largest absolute Gasteiger partial charge is 0.364 e. The van der Waals surface area contributed by atoms with Crippen LogP contribution in [-0.2, 0) is 0 Å². The number of aromatic amines is 1. The van der Waals surface area contributed by atoms with E-state index in [9.17, 15) is 0 Å². The lowest BCUT2D eigenvalue weighted by Gasteiger charge is -2.28. The molecule has 0 spiro atoms. The summed E-state index contributed by atoms with van der Waals surface area (Å²) in [6.45, 7) is 4.30. The number of hydrogen-bond donors (Lipinski definition) is 3. The summed E-state index contributed by atoms with van der Waals surface area (Å²) < 4.78 is 11.7. The second-order valence-corrected chi connectivity index (χ2v) is 6.81. The summed E-state index contributed by atoms with van der Waals surface area (Å²) in [4.78, 5) is 0. The van der Waals surface area contributed by atoms with E-state index in [0.717, 1.165) is 11.4 Å². The highest BCUT2D eigenvalue weighted by Crippen LogP contribution is 2.33. The van der Waals surface area contributed by atoms with Crippen LogP contribution in [0.15, 0.2) is 22.9 Å². The van der Waals surface area contributed by atoms with Gasteiger partial charge in [0.25, 0.3) is 0 Å². The maximum Gasteiger partial charge on any atom is 0.134 e. The molecule has 0 unspecified atom stereocenters. The molecule has 0 saturated heterocycles. The number of nitrogens with one attached hydrogen (secondary N) is 3. The van der Waals surface area contributed by atoms with Gasteiger partial charge in [-0.05, 0) is 45.6 Å². The van der Waals surface area contributed by atoms with Crippen LogP contribution in [0, 0.1) is 0 Å². The number of H-pyrrole nitrogens is 1. The molecule has 0 amide bonds. The molecule has 2 aromatic heterocycles. The van der Waals surface area contributed by atoms with Crippen LogP contribution >= 0.6 is 12.1 Å². The molecule has 3 rings (SSSR count). The van der Waals surface area contributed by atoms with Crippen LogP contribution in [0.1, 0.15) is 51.1 Å². The Hall–Kier alpha value is -1.31. The molecule has 1 fully saturated rings. The van der Waals surface area contributed by atoms with Crippen LogP contribution < -0.4 is 9.44 Å². The fraction of sp³-hybridized carbons (Fsp3) is 0.600. The van der Waals surface area contributed by atoms with Crippen molar-refractivity contribution in [1.29, 1.82) is 0 Å². The Morgan fingerprint density at radius 1 is 1.27 bits per heavy atom. The van der Waals surface area contributed by atoms with E-state index in [1.54, 1.807) is 18.4 Å². The Kier molecular flexibility index (Phi) is 5.17. The zero-order valence-corrected chi connectivity index (χ0v) is 13.8. The lowest BCUT2D eigenvalue weighted by atomic mass is 9.84. The van der Waals surface area contributed by atoms with E-state index in [4.69, 9.17) is 4.52 Å². The molecule has 0 atom stereocenters. The first-order valence-corrected chi connectivity index (χ1v) is 8.67. The van der Waals surface area contributed by atoms with Gasteiger partial charge in [-0.15, -0.1) is 0 Å². The summed E-state index contributed by atoms with van der Waals surface area (Å²) in [5.41, 5.74) is 2.86. The van der Waals surface area contributed by atoms with E-state index in [1.807, 2.05) is 6.07 Å². The van der Waals surface area contributed by atoms with Crippen LogP contribution in [0.5, 0.6) is 0 Å². The van der Waals surface area contributed by atoms with Crippen molar-refractivity contribution in [2.75, 3.05) is 0 Å². The smallest absolute Gasteiger partial charge is 0.134 e. The quantitative estimate of drug-likeness (QED) is 0.709. The predicted molar refractivity (Wildman–Crippen MR) is 88.1 cm³/mol. The molecular weight excluding hydrogens is 298 g/mol. The third kappa shape index (κ3) is 3.91. The number of aromatic nitrogens is 3. The van der Waals surface area contributed by atoms with Gasteiger partial charge in [-0.3, -0.25) is 5.10 Å². The Bertz CT molecular complexity index is 560. The van der Waals surface area contributed by atoms with Crippen molar-refractivity contribution in [3.05, 3.63) is 24.1 Å². The standard InChI is InChI=1S/C15H23N5OS/c1-10(2)19-22-20-12-5-3-11(4-6-12)14-9-15(17-16-14)13-7-8-21-18-13/h7-12,19-20H,3-6H2,1-2H3,(H,16,17). The van der Waals surface area contributed by atoms with Crippen molar-refractivity contribution in [1.82, 2.24) is 24.8 Å². The highest BCUT2D eigenvalue weighted by molar-refractivity contribution is 7.95. The minimum atomic E-state index is 0.494. The average Bonchev–Trinajstić information content (AvgIpc) is 3.19. The molecule has 0 aliphatic heterocycles. The molecule has 7 heteroatoms. The molecule has 2 heterocycles. The molecule has 1 aliphatic carbocycles. The summed E-state index contributed by atoms with van der Waals surface area (Å²) in [6, 6.07) is 5.02. The molecule has 22 heavy (non-hydrogen) atoms. The summed E-state index contributed by atoms with van der Waals surface area (Å²) in [7, 11) is 0. The van der Waals surface area contributed by atoms with Crippen molar-refractivity contribution in [2.24, 2.45) is 0 Å². The van der Waals surface area contributed by atoms with E-state index >= 15 is 0 Å². The van der Waals surface area contributed by atoms with Gasteiger partial charge < -0.3 is 4.52 Å². The van der Waals surface area contributed by atoms with Gasteiger partial charge in [0.15, 0.2) is 0 Å². The summed E-state index contributed by atoms with van der Waals surface area (Å²) in [6.07, 6.45) is 6.32. The molecule has 0 aromatic carbocycles. The van der Waals surface area contributed by atoms with Crippen LogP contribution in [0.2, 0.25) is 0 Å². The number of hydrogen-bond acceptors (Lipinski definition) is 6. The highest BCUT2D eigenvalue weighted by Gasteiger charge is 2.24. The maximum absolute atomic E-state index is 4.87. The van der Waals surface area contributed by atoms with E-state index in [2.05, 4.69) is 44.7 Å². The molecule has 2 aromatic rings. The molecule has 3 N–H and O–H groups in total. The third-order valence-electron chi connectivity index (χ3n) is 3.99. The second-order valence-electron chi connectivity index (χ2n) is 6.13. The molecule has 0 radical (unpaired) electrons. The van der Waals surface area contributed by atoms with Gasteiger partial charge >= 0.3 is 0 Å². The van der Waals surface area contributed by atoms with E-state index in [-0.39, 0.29) is 0 Å². The monoisotopic (exact) mass is 321 g/mol. The Labute approximate surface area is 135 Å². The van der Waals surface area contributed by atoms with Crippen molar-refractivity contribution in [3.63, 3.8) is 0 Å². The minimum absolute atomic E-state index is 0.494. The molecule has 1 aliphatic rings. The van der Waals surface area contributed by atoms with Gasteiger partial charge in [-0.1, -0.05) is 5.16 Å². The zero-order valence-electron chi connectivity index (χ0n) is 13.0. The van der Waals surface area contributed by atoms with Crippen LogP contribution in [0.4, 0.5) is 0 Å². The molecule has 0 bridgehead atoms. The maximum atomic E-state index is 4.87. The topological polar surface area (TPSA) is 78.8 Å². The lowest BCUT2D eigenvalue weighted by molar-refractivity contribution is 0.376.